The summed E-state index contributed by atoms with van der Waals surface area (Å²) in [5, 5.41) is 12.9. The molecular formula is C11H11N5OS. The van der Waals surface area contributed by atoms with Crippen molar-refractivity contribution in [3.8, 4) is 0 Å². The van der Waals surface area contributed by atoms with Crippen LogP contribution in [0.15, 0.2) is 34.1 Å². The van der Waals surface area contributed by atoms with E-state index >= 15 is 0 Å². The zero-order valence-electron chi connectivity index (χ0n) is 9.94. The molecule has 6 nitrogen and oxygen atoms in total. The Bertz CT molecular complexity index is 677. The highest BCUT2D eigenvalue weighted by Crippen LogP contribution is 2.32. The quantitative estimate of drug-likeness (QED) is 0.674. The van der Waals surface area contributed by atoms with Crippen molar-refractivity contribution in [3.05, 3.63) is 36.1 Å². The number of pyridine rings is 1. The Kier molecular flexibility index (Phi) is 2.75. The van der Waals surface area contributed by atoms with E-state index in [1.165, 1.54) is 11.8 Å². The molecule has 18 heavy (non-hydrogen) atoms. The van der Waals surface area contributed by atoms with Crippen molar-refractivity contribution in [3.63, 3.8) is 0 Å². The second-order valence-electron chi connectivity index (χ2n) is 3.85. The molecule has 1 atom stereocenters. The second kappa shape index (κ2) is 4.41. The highest BCUT2D eigenvalue weighted by Gasteiger charge is 2.17. The van der Waals surface area contributed by atoms with Crippen LogP contribution >= 0.6 is 11.8 Å². The summed E-state index contributed by atoms with van der Waals surface area (Å²) in [6.45, 7) is 3.80. The second-order valence-corrected chi connectivity index (χ2v) is 5.16. The van der Waals surface area contributed by atoms with E-state index in [9.17, 15) is 0 Å². The van der Waals surface area contributed by atoms with Crippen LogP contribution in [0.1, 0.15) is 23.9 Å². The lowest BCUT2D eigenvalue weighted by Gasteiger charge is -2.03. The first kappa shape index (κ1) is 11.2. The molecule has 0 aromatic carbocycles. The molecule has 7 heteroatoms. The van der Waals surface area contributed by atoms with Crippen molar-refractivity contribution in [1.82, 2.24) is 24.7 Å². The van der Waals surface area contributed by atoms with Gasteiger partial charge in [0.1, 0.15) is 0 Å². The fourth-order valence-corrected chi connectivity index (χ4v) is 2.46. The minimum Gasteiger partial charge on any atom is -0.338 e. The van der Waals surface area contributed by atoms with Crippen LogP contribution in [0.2, 0.25) is 0 Å². The predicted molar refractivity (Wildman–Crippen MR) is 66.3 cm³/mol. The Labute approximate surface area is 107 Å². The molecule has 3 heterocycles. The SMILES string of the molecule is Cc1noc([C@H](C)Sc2nnc3ccccn23)n1. The van der Waals surface area contributed by atoms with Gasteiger partial charge in [-0.15, -0.1) is 10.2 Å². The van der Waals surface area contributed by atoms with Crippen molar-refractivity contribution in [2.75, 3.05) is 0 Å². The van der Waals surface area contributed by atoms with Crippen LogP contribution in [0.3, 0.4) is 0 Å². The van der Waals surface area contributed by atoms with Gasteiger partial charge in [-0.3, -0.25) is 4.40 Å². The molecule has 0 saturated carbocycles. The normalized spacial score (nSPS) is 13.0. The van der Waals surface area contributed by atoms with Gasteiger partial charge in [0.2, 0.25) is 5.89 Å². The summed E-state index contributed by atoms with van der Waals surface area (Å²) in [5.74, 6) is 1.24. The molecular weight excluding hydrogens is 250 g/mol. The van der Waals surface area contributed by atoms with E-state index < -0.39 is 0 Å². The van der Waals surface area contributed by atoms with Crippen LogP contribution in [0, 0.1) is 6.92 Å². The van der Waals surface area contributed by atoms with Crippen molar-refractivity contribution in [2.24, 2.45) is 0 Å². The fraction of sp³-hybridized carbons (Fsp3) is 0.273. The summed E-state index contributed by atoms with van der Waals surface area (Å²) in [7, 11) is 0. The molecule has 3 aromatic heterocycles. The number of aryl methyl sites for hydroxylation is 1. The molecule has 0 radical (unpaired) electrons. The Hall–Kier alpha value is -1.89. The Morgan fingerprint density at radius 1 is 1.33 bits per heavy atom. The van der Waals surface area contributed by atoms with Crippen LogP contribution in [-0.4, -0.2) is 24.7 Å². The maximum Gasteiger partial charge on any atom is 0.239 e. The van der Waals surface area contributed by atoms with Gasteiger partial charge in [0.05, 0.1) is 5.25 Å². The van der Waals surface area contributed by atoms with Crippen LogP contribution < -0.4 is 0 Å². The third kappa shape index (κ3) is 1.97. The van der Waals surface area contributed by atoms with Gasteiger partial charge in [-0.2, -0.15) is 4.98 Å². The third-order valence-electron chi connectivity index (χ3n) is 2.46. The molecule has 0 bridgehead atoms. The lowest BCUT2D eigenvalue weighted by Crippen LogP contribution is -1.92. The Morgan fingerprint density at radius 3 is 3.00 bits per heavy atom. The van der Waals surface area contributed by atoms with E-state index in [2.05, 4.69) is 20.3 Å². The lowest BCUT2D eigenvalue weighted by molar-refractivity contribution is 0.376. The van der Waals surface area contributed by atoms with E-state index in [1.54, 1.807) is 6.92 Å². The van der Waals surface area contributed by atoms with Gasteiger partial charge in [0.25, 0.3) is 0 Å². The molecule has 0 saturated heterocycles. The average molecular weight is 261 g/mol. The first-order valence-electron chi connectivity index (χ1n) is 5.50. The van der Waals surface area contributed by atoms with E-state index in [4.69, 9.17) is 4.52 Å². The minimum atomic E-state index is 0.0406. The summed E-state index contributed by atoms with van der Waals surface area (Å²) >= 11 is 1.54. The largest absolute Gasteiger partial charge is 0.338 e. The van der Waals surface area contributed by atoms with Gasteiger partial charge in [0.15, 0.2) is 16.6 Å². The van der Waals surface area contributed by atoms with E-state index in [0.29, 0.717) is 11.7 Å². The molecule has 0 fully saturated rings. The maximum absolute atomic E-state index is 5.15. The number of fused-ring (bicyclic) bond motifs is 1. The fourth-order valence-electron chi connectivity index (χ4n) is 1.59. The Balaban J connectivity index is 1.88. The molecule has 0 N–H and O–H groups in total. The van der Waals surface area contributed by atoms with Gasteiger partial charge < -0.3 is 4.52 Å². The molecule has 3 rings (SSSR count). The van der Waals surface area contributed by atoms with Crippen molar-refractivity contribution >= 4 is 17.4 Å². The molecule has 0 aliphatic heterocycles. The van der Waals surface area contributed by atoms with Gasteiger partial charge in [-0.1, -0.05) is 23.0 Å². The summed E-state index contributed by atoms with van der Waals surface area (Å²) < 4.78 is 7.08. The molecule has 0 amide bonds. The summed E-state index contributed by atoms with van der Waals surface area (Å²) in [6.07, 6.45) is 1.93. The summed E-state index contributed by atoms with van der Waals surface area (Å²) in [4.78, 5) is 4.22. The maximum atomic E-state index is 5.15. The number of thioether (sulfide) groups is 1. The third-order valence-corrected chi connectivity index (χ3v) is 3.50. The smallest absolute Gasteiger partial charge is 0.239 e. The molecule has 0 aliphatic carbocycles. The van der Waals surface area contributed by atoms with Crippen LogP contribution in [-0.2, 0) is 0 Å². The topological polar surface area (TPSA) is 69.1 Å². The van der Waals surface area contributed by atoms with Gasteiger partial charge >= 0.3 is 0 Å². The minimum absolute atomic E-state index is 0.0406. The summed E-state index contributed by atoms with van der Waals surface area (Å²) in [5.41, 5.74) is 0.828. The van der Waals surface area contributed by atoms with E-state index in [1.807, 2.05) is 35.7 Å². The molecule has 92 valence electrons. The van der Waals surface area contributed by atoms with Gasteiger partial charge in [-0.25, -0.2) is 0 Å². The van der Waals surface area contributed by atoms with Crippen LogP contribution in [0.5, 0.6) is 0 Å². The van der Waals surface area contributed by atoms with Crippen molar-refractivity contribution in [2.45, 2.75) is 24.3 Å². The van der Waals surface area contributed by atoms with Crippen LogP contribution in [0.25, 0.3) is 5.65 Å². The molecule has 3 aromatic rings. The number of aromatic nitrogens is 5. The average Bonchev–Trinajstić information content (AvgIpc) is 2.97. The highest BCUT2D eigenvalue weighted by molar-refractivity contribution is 7.99. The van der Waals surface area contributed by atoms with E-state index in [0.717, 1.165) is 10.8 Å². The monoisotopic (exact) mass is 261 g/mol. The predicted octanol–water partition coefficient (Wildman–Crippen LogP) is 2.27. The standard InChI is InChI=1S/C11H11N5OS/c1-7(10-12-8(2)15-17-10)18-11-14-13-9-5-3-4-6-16(9)11/h3-7H,1-2H3/t7-/m0/s1. The first-order valence-corrected chi connectivity index (χ1v) is 6.38. The zero-order valence-corrected chi connectivity index (χ0v) is 10.8. The highest BCUT2D eigenvalue weighted by atomic mass is 32.2. The van der Waals surface area contributed by atoms with Crippen molar-refractivity contribution in [1.29, 1.82) is 0 Å². The zero-order chi connectivity index (χ0) is 12.5. The number of hydrogen-bond acceptors (Lipinski definition) is 6. The van der Waals surface area contributed by atoms with Crippen molar-refractivity contribution < 1.29 is 4.52 Å². The molecule has 0 spiro atoms. The number of rotatable bonds is 3. The first-order chi connectivity index (χ1) is 8.74. The molecule has 0 aliphatic rings. The van der Waals surface area contributed by atoms with Gasteiger partial charge in [0, 0.05) is 6.20 Å². The number of nitrogens with zero attached hydrogens (tertiary/aromatic N) is 5. The molecule has 0 unspecified atom stereocenters. The van der Waals surface area contributed by atoms with E-state index in [-0.39, 0.29) is 5.25 Å². The summed E-state index contributed by atoms with van der Waals surface area (Å²) in [6, 6.07) is 5.80. The lowest BCUT2D eigenvalue weighted by atomic mass is 10.5. The Morgan fingerprint density at radius 2 is 2.22 bits per heavy atom. The number of hydrogen-bond donors (Lipinski definition) is 0. The van der Waals surface area contributed by atoms with Crippen LogP contribution in [0.4, 0.5) is 0 Å². The van der Waals surface area contributed by atoms with Gasteiger partial charge in [-0.05, 0) is 26.0 Å².